The highest BCUT2D eigenvalue weighted by Gasteiger charge is 2.31. The molecule has 0 aromatic carbocycles. The van der Waals surface area contributed by atoms with E-state index in [0.29, 0.717) is 0 Å². The molecular weight excluding hydrogens is 446 g/mol. The molecule has 34 heavy (non-hydrogen) atoms. The molecular formula is C23H41N3O8. The van der Waals surface area contributed by atoms with Gasteiger partial charge in [0.1, 0.15) is 23.7 Å². The Kier molecular flexibility index (Phi) is 12.6. The van der Waals surface area contributed by atoms with Crippen LogP contribution in [-0.2, 0) is 28.7 Å². The van der Waals surface area contributed by atoms with Crippen LogP contribution in [-0.4, -0.2) is 64.8 Å². The zero-order chi connectivity index (χ0) is 26.8. The smallest absolute Gasteiger partial charge is 0.408 e. The van der Waals surface area contributed by atoms with Crippen molar-refractivity contribution in [2.45, 2.75) is 105 Å². The summed E-state index contributed by atoms with van der Waals surface area (Å²) in [7, 11) is 0. The van der Waals surface area contributed by atoms with E-state index in [1.54, 1.807) is 20.8 Å². The summed E-state index contributed by atoms with van der Waals surface area (Å²) in [4.78, 5) is 61.1. The number of amides is 3. The van der Waals surface area contributed by atoms with E-state index in [9.17, 15) is 24.0 Å². The van der Waals surface area contributed by atoms with E-state index < -0.39 is 59.7 Å². The quantitative estimate of drug-likeness (QED) is 0.304. The first-order valence-electron chi connectivity index (χ1n) is 11.5. The van der Waals surface area contributed by atoms with Gasteiger partial charge in [0.25, 0.3) is 0 Å². The van der Waals surface area contributed by atoms with Gasteiger partial charge in [0.2, 0.25) is 11.8 Å². The fourth-order valence-electron chi connectivity index (χ4n) is 2.81. The fourth-order valence-corrected chi connectivity index (χ4v) is 2.81. The van der Waals surface area contributed by atoms with Crippen molar-refractivity contribution >= 4 is 29.8 Å². The van der Waals surface area contributed by atoms with Crippen molar-refractivity contribution in [1.29, 1.82) is 0 Å². The van der Waals surface area contributed by atoms with Crippen molar-refractivity contribution in [1.82, 2.24) is 16.0 Å². The Morgan fingerprint density at radius 1 is 0.765 bits per heavy atom. The third kappa shape index (κ3) is 13.0. The van der Waals surface area contributed by atoms with E-state index in [1.165, 1.54) is 13.8 Å². The number of carbonyl (C=O) groups excluding carboxylic acids is 4. The Morgan fingerprint density at radius 3 is 1.68 bits per heavy atom. The lowest BCUT2D eigenvalue weighted by molar-refractivity contribution is -0.164. The van der Waals surface area contributed by atoms with Gasteiger partial charge in [0.15, 0.2) is 6.10 Å². The summed E-state index contributed by atoms with van der Waals surface area (Å²) < 4.78 is 10.1. The zero-order valence-electron chi connectivity index (χ0n) is 21.7. The highest BCUT2D eigenvalue weighted by Crippen LogP contribution is 2.11. The normalized spacial score (nSPS) is 15.0. The Bertz CT molecular complexity index is 730. The zero-order valence-corrected chi connectivity index (χ0v) is 21.7. The second-order valence-corrected chi connectivity index (χ2v) is 10.2. The number of carboxylic acid groups (broad SMARTS) is 1. The highest BCUT2D eigenvalue weighted by molar-refractivity contribution is 5.93. The van der Waals surface area contributed by atoms with Gasteiger partial charge in [-0.05, 0) is 59.3 Å². The molecule has 0 heterocycles. The average Bonchev–Trinajstić information content (AvgIpc) is 2.64. The first-order chi connectivity index (χ1) is 15.4. The Hall–Kier alpha value is -2.85. The third-order valence-corrected chi connectivity index (χ3v) is 4.42. The lowest BCUT2D eigenvalue weighted by Gasteiger charge is -2.26. The second-order valence-electron chi connectivity index (χ2n) is 10.2. The molecule has 0 radical (unpaired) electrons. The number of ether oxygens (including phenoxy) is 2. The van der Waals surface area contributed by atoms with Gasteiger partial charge in [0, 0.05) is 0 Å². The van der Waals surface area contributed by atoms with Crippen molar-refractivity contribution in [2.24, 2.45) is 11.8 Å². The molecule has 196 valence electrons. The van der Waals surface area contributed by atoms with Crippen molar-refractivity contribution in [2.75, 3.05) is 0 Å². The van der Waals surface area contributed by atoms with Crippen LogP contribution in [0.4, 0.5) is 4.79 Å². The molecule has 0 aliphatic rings. The van der Waals surface area contributed by atoms with Crippen molar-refractivity contribution in [3.63, 3.8) is 0 Å². The lowest BCUT2D eigenvalue weighted by atomic mass is 10.00. The minimum atomic E-state index is -1.37. The second kappa shape index (κ2) is 13.8. The number of nitrogens with one attached hydrogen (secondary N) is 3. The molecule has 0 saturated carbocycles. The van der Waals surface area contributed by atoms with Crippen LogP contribution in [0.5, 0.6) is 0 Å². The lowest BCUT2D eigenvalue weighted by Crippen LogP contribution is -2.56. The van der Waals surface area contributed by atoms with Crippen LogP contribution in [0.1, 0.15) is 75.2 Å². The number of aliphatic carboxylic acids is 1. The Balaban J connectivity index is 5.38. The minimum Gasteiger partial charge on any atom is -0.479 e. The fraction of sp³-hybridized carbons (Fsp3) is 0.783. The molecule has 0 unspecified atom stereocenters. The third-order valence-electron chi connectivity index (χ3n) is 4.42. The molecule has 0 saturated heterocycles. The van der Waals surface area contributed by atoms with Gasteiger partial charge in [0.05, 0.1) is 0 Å². The van der Waals surface area contributed by atoms with E-state index in [4.69, 9.17) is 14.6 Å². The van der Waals surface area contributed by atoms with Crippen molar-refractivity contribution in [3.8, 4) is 0 Å². The summed E-state index contributed by atoms with van der Waals surface area (Å²) in [5.41, 5.74) is -0.738. The summed E-state index contributed by atoms with van der Waals surface area (Å²) in [5.74, 6) is -3.38. The maximum absolute atomic E-state index is 13.0. The molecule has 4 atom stereocenters. The molecule has 0 fully saturated rings. The molecule has 4 N–H and O–H groups in total. The number of esters is 1. The van der Waals surface area contributed by atoms with E-state index in [0.717, 1.165) is 0 Å². The molecule has 3 amide bonds. The van der Waals surface area contributed by atoms with Gasteiger partial charge in [-0.3, -0.25) is 9.59 Å². The molecule has 0 aromatic heterocycles. The van der Waals surface area contributed by atoms with Crippen molar-refractivity contribution in [3.05, 3.63) is 0 Å². The largest absolute Gasteiger partial charge is 0.479 e. The standard InChI is InChI=1S/C23H41N3O8/c1-12(2)10-16(25-18(27)14(5)24-22(32)34-23(7,8)9)19(28)26-17(11-13(3)4)21(31)33-15(6)20(29)30/h12-17H,10-11H2,1-9H3,(H,24,32)(H,25,27)(H,26,28)(H,29,30)/t14-,15-,16-,17-/m0/s1. The van der Waals surface area contributed by atoms with Crippen LogP contribution in [0, 0.1) is 11.8 Å². The van der Waals surface area contributed by atoms with Crippen LogP contribution in [0.25, 0.3) is 0 Å². The first kappa shape index (κ1) is 31.1. The monoisotopic (exact) mass is 487 g/mol. The van der Waals surface area contributed by atoms with Crippen LogP contribution < -0.4 is 16.0 Å². The summed E-state index contributed by atoms with van der Waals surface area (Å²) in [6.07, 6.45) is -1.65. The Morgan fingerprint density at radius 2 is 1.24 bits per heavy atom. The highest BCUT2D eigenvalue weighted by atomic mass is 16.6. The Labute approximate surface area is 201 Å². The SMILES string of the molecule is CC(C)C[C@H](NC(=O)[C@H](C)NC(=O)OC(C)(C)C)C(=O)N[C@@H](CC(C)C)C(=O)O[C@@H](C)C(=O)O. The number of carbonyl (C=O) groups is 5. The number of rotatable bonds is 12. The van der Waals surface area contributed by atoms with Gasteiger partial charge in [-0.2, -0.15) is 0 Å². The molecule has 0 rings (SSSR count). The number of hydrogen-bond donors (Lipinski definition) is 4. The van der Waals surface area contributed by atoms with Crippen LogP contribution >= 0.6 is 0 Å². The van der Waals surface area contributed by atoms with E-state index in [2.05, 4.69) is 16.0 Å². The van der Waals surface area contributed by atoms with Crippen LogP contribution in [0.2, 0.25) is 0 Å². The average molecular weight is 488 g/mol. The maximum atomic E-state index is 13.0. The number of hydrogen-bond acceptors (Lipinski definition) is 7. The van der Waals surface area contributed by atoms with Gasteiger partial charge < -0.3 is 30.5 Å². The topological polar surface area (TPSA) is 160 Å². The number of alkyl carbamates (subject to hydrolysis) is 1. The summed E-state index contributed by atoms with van der Waals surface area (Å²) in [6.45, 7) is 15.1. The molecule has 0 bridgehead atoms. The van der Waals surface area contributed by atoms with E-state index >= 15 is 0 Å². The van der Waals surface area contributed by atoms with Gasteiger partial charge in [-0.1, -0.05) is 27.7 Å². The summed E-state index contributed by atoms with van der Waals surface area (Å²) >= 11 is 0. The van der Waals surface area contributed by atoms with Crippen molar-refractivity contribution < 1.29 is 38.6 Å². The van der Waals surface area contributed by atoms with Crippen LogP contribution in [0.3, 0.4) is 0 Å². The molecule has 11 heteroatoms. The van der Waals surface area contributed by atoms with Crippen LogP contribution in [0.15, 0.2) is 0 Å². The molecule has 0 aromatic rings. The molecule has 0 aliphatic heterocycles. The van der Waals surface area contributed by atoms with Gasteiger partial charge in [-0.25, -0.2) is 14.4 Å². The predicted molar refractivity (Wildman–Crippen MR) is 125 cm³/mol. The van der Waals surface area contributed by atoms with E-state index in [-0.39, 0.29) is 24.7 Å². The first-order valence-corrected chi connectivity index (χ1v) is 11.5. The minimum absolute atomic E-state index is 0.00539. The van der Waals surface area contributed by atoms with E-state index in [1.807, 2.05) is 27.7 Å². The maximum Gasteiger partial charge on any atom is 0.408 e. The predicted octanol–water partition coefficient (Wildman–Crippen LogP) is 1.98. The summed E-state index contributed by atoms with van der Waals surface area (Å²) in [5, 5.41) is 16.6. The number of carboxylic acids is 1. The summed E-state index contributed by atoms with van der Waals surface area (Å²) in [6, 6.07) is -3.06. The molecule has 11 nitrogen and oxygen atoms in total. The van der Waals surface area contributed by atoms with Gasteiger partial charge in [-0.15, -0.1) is 0 Å². The molecule has 0 aliphatic carbocycles. The molecule has 0 spiro atoms. The van der Waals surface area contributed by atoms with Gasteiger partial charge >= 0.3 is 18.0 Å².